The molecule has 5 N–H and O–H groups in total. The number of hydrogen-bond acceptors (Lipinski definition) is 9. The van der Waals surface area contributed by atoms with E-state index in [2.05, 4.69) is 41.5 Å². The summed E-state index contributed by atoms with van der Waals surface area (Å²) in [5.41, 5.74) is 0.759. The predicted octanol–water partition coefficient (Wildman–Crippen LogP) is 9.32. The molecule has 0 spiro atoms. The third-order valence-electron chi connectivity index (χ3n) is 15.8. The second kappa shape index (κ2) is 20.8. The zero-order valence-electron chi connectivity index (χ0n) is 36.1. The van der Waals surface area contributed by atoms with E-state index in [4.69, 9.17) is 14.2 Å². The molecule has 5 aliphatic rings. The quantitative estimate of drug-likeness (QED) is 0.0567. The van der Waals surface area contributed by atoms with E-state index < -0.39 is 42.9 Å². The third kappa shape index (κ3) is 10.6. The number of aliphatic hydroxyl groups is 5. The van der Waals surface area contributed by atoms with Gasteiger partial charge in [0.15, 0.2) is 6.29 Å². The Kier molecular flexibility index (Phi) is 17.1. The van der Waals surface area contributed by atoms with Crippen LogP contribution in [0.15, 0.2) is 11.3 Å². The van der Waals surface area contributed by atoms with Gasteiger partial charge >= 0.3 is 5.97 Å². The first kappa shape index (κ1) is 45.8. The standard InChI is InChI=1S/C47H82O9/c1-7-8-9-10-11-12-13-14-15-16-17-21-38(48)54-29-37-41(50)43(52)44(53)45(56-37)55-32-24-26-47(6)35-25-27-46(5)33(31(4)20-18-19-30(2)3)22-23-34(46)39(35)42(51)40(49)36(47)28-32/h30-35,37,39,41-45,49-53H,7-29H2,1-6H3/t31-,32+,33-,34+,35+,37-,39+,41+,42?,43+,44+,45+,46-,47-/m1/s1. The van der Waals surface area contributed by atoms with Gasteiger partial charge in [0, 0.05) is 6.42 Å². The van der Waals surface area contributed by atoms with Crippen LogP contribution in [0.1, 0.15) is 183 Å². The van der Waals surface area contributed by atoms with Crippen molar-refractivity contribution >= 4 is 5.97 Å². The number of esters is 1. The Morgan fingerprint density at radius 3 is 2.11 bits per heavy atom. The van der Waals surface area contributed by atoms with Crippen molar-refractivity contribution < 1.29 is 44.5 Å². The lowest BCUT2D eigenvalue weighted by Crippen LogP contribution is -2.60. The van der Waals surface area contributed by atoms with E-state index in [1.54, 1.807) is 0 Å². The molecule has 14 atom stereocenters. The Morgan fingerprint density at radius 1 is 0.786 bits per heavy atom. The molecule has 0 amide bonds. The average molecular weight is 791 g/mol. The van der Waals surface area contributed by atoms with E-state index in [1.165, 1.54) is 77.0 Å². The maximum atomic E-state index is 12.5. The minimum absolute atomic E-state index is 0.0336. The van der Waals surface area contributed by atoms with Crippen molar-refractivity contribution in [3.05, 3.63) is 11.3 Å². The van der Waals surface area contributed by atoms with Gasteiger partial charge < -0.3 is 39.7 Å². The molecule has 56 heavy (non-hydrogen) atoms. The smallest absolute Gasteiger partial charge is 0.305 e. The summed E-state index contributed by atoms with van der Waals surface area (Å²) in [7, 11) is 0. The van der Waals surface area contributed by atoms with Crippen molar-refractivity contribution in [1.29, 1.82) is 0 Å². The van der Waals surface area contributed by atoms with E-state index in [9.17, 15) is 30.3 Å². The zero-order valence-corrected chi connectivity index (χ0v) is 36.1. The molecule has 0 aromatic rings. The molecular weight excluding hydrogens is 709 g/mol. The fourth-order valence-electron chi connectivity index (χ4n) is 12.4. The van der Waals surface area contributed by atoms with Crippen molar-refractivity contribution in [1.82, 2.24) is 0 Å². The summed E-state index contributed by atoms with van der Waals surface area (Å²) in [6, 6.07) is 0. The first-order chi connectivity index (χ1) is 26.7. The number of carbonyl (C=O) groups is 1. The summed E-state index contributed by atoms with van der Waals surface area (Å²) in [6.07, 6.45) is 15.4. The van der Waals surface area contributed by atoms with Crippen molar-refractivity contribution in [2.45, 2.75) is 226 Å². The van der Waals surface area contributed by atoms with Gasteiger partial charge in [0.05, 0.1) is 6.10 Å². The van der Waals surface area contributed by atoms with Gasteiger partial charge in [-0.3, -0.25) is 4.79 Å². The van der Waals surface area contributed by atoms with Crippen molar-refractivity contribution in [2.24, 2.45) is 46.3 Å². The van der Waals surface area contributed by atoms with Gasteiger partial charge in [-0.25, -0.2) is 0 Å². The second-order valence-corrected chi connectivity index (χ2v) is 20.0. The van der Waals surface area contributed by atoms with Crippen LogP contribution in [0.5, 0.6) is 0 Å². The molecule has 0 aromatic carbocycles. The number of rotatable bonds is 21. The van der Waals surface area contributed by atoms with Crippen LogP contribution in [0, 0.1) is 46.3 Å². The summed E-state index contributed by atoms with van der Waals surface area (Å²) < 4.78 is 17.8. The Labute approximate surface area is 339 Å². The summed E-state index contributed by atoms with van der Waals surface area (Å²) in [5, 5.41) is 56.1. The van der Waals surface area contributed by atoms with E-state index >= 15 is 0 Å². The van der Waals surface area contributed by atoms with E-state index in [-0.39, 0.29) is 47.4 Å². The first-order valence-corrected chi connectivity index (χ1v) is 23.3. The molecule has 4 fully saturated rings. The Morgan fingerprint density at radius 2 is 1.45 bits per heavy atom. The molecule has 1 saturated heterocycles. The van der Waals surface area contributed by atoms with Crippen LogP contribution in [0.3, 0.4) is 0 Å². The van der Waals surface area contributed by atoms with Gasteiger partial charge in [0.2, 0.25) is 0 Å². The van der Waals surface area contributed by atoms with Crippen LogP contribution in [0.4, 0.5) is 0 Å². The molecule has 4 aliphatic carbocycles. The average Bonchev–Trinajstić information content (AvgIpc) is 3.53. The SMILES string of the molecule is CCCCCCCCCCCCCC(=O)OC[C@H]1O[C@H](O[C@H]2CC[C@@]3(C)C(=C(O)C(O)[C@H]4[C@@H]5CC[C@H]([C@H](C)CCCC(C)C)[C@@]5(C)CC[C@@H]43)C2)[C@@H](O)[C@@H](O)[C@H]1O. The highest BCUT2D eigenvalue weighted by molar-refractivity contribution is 5.69. The Hall–Kier alpha value is -1.23. The number of hydrogen-bond donors (Lipinski definition) is 5. The van der Waals surface area contributed by atoms with Crippen LogP contribution < -0.4 is 0 Å². The molecule has 1 heterocycles. The molecule has 0 bridgehead atoms. The minimum Gasteiger partial charge on any atom is -0.510 e. The molecule has 9 nitrogen and oxygen atoms in total. The fraction of sp³-hybridized carbons (Fsp3) is 0.936. The largest absolute Gasteiger partial charge is 0.510 e. The predicted molar refractivity (Wildman–Crippen MR) is 220 cm³/mol. The van der Waals surface area contributed by atoms with E-state index in [0.717, 1.165) is 56.4 Å². The monoisotopic (exact) mass is 791 g/mol. The molecule has 0 aromatic heterocycles. The molecule has 1 unspecified atom stereocenters. The molecule has 9 heteroatoms. The Bertz CT molecular complexity index is 1250. The first-order valence-electron chi connectivity index (χ1n) is 23.3. The maximum Gasteiger partial charge on any atom is 0.305 e. The van der Waals surface area contributed by atoms with Crippen molar-refractivity contribution in [2.75, 3.05) is 6.61 Å². The van der Waals surface area contributed by atoms with Gasteiger partial charge in [-0.1, -0.05) is 125 Å². The number of aliphatic hydroxyl groups excluding tert-OH is 5. The molecule has 5 rings (SSSR count). The molecule has 1 aliphatic heterocycles. The molecule has 324 valence electrons. The van der Waals surface area contributed by atoms with Gasteiger partial charge in [-0.05, 0) is 103 Å². The summed E-state index contributed by atoms with van der Waals surface area (Å²) in [5.74, 6) is 2.46. The molecule has 0 radical (unpaired) electrons. The van der Waals surface area contributed by atoms with Gasteiger partial charge in [0.25, 0.3) is 0 Å². The van der Waals surface area contributed by atoms with Crippen LogP contribution in [0.2, 0.25) is 0 Å². The van der Waals surface area contributed by atoms with Gasteiger partial charge in [-0.2, -0.15) is 0 Å². The lowest BCUT2D eigenvalue weighted by Gasteiger charge is -2.60. The summed E-state index contributed by atoms with van der Waals surface area (Å²) in [6.45, 7) is 13.8. The van der Waals surface area contributed by atoms with Gasteiger partial charge in [-0.15, -0.1) is 0 Å². The summed E-state index contributed by atoms with van der Waals surface area (Å²) in [4.78, 5) is 12.5. The number of carbonyl (C=O) groups excluding carboxylic acids is 1. The number of fused-ring (bicyclic) bond motifs is 5. The van der Waals surface area contributed by atoms with Crippen LogP contribution in [-0.4, -0.2) is 81.0 Å². The highest BCUT2D eigenvalue weighted by atomic mass is 16.7. The molecular formula is C47H82O9. The normalized spacial score (nSPS) is 38.9. The zero-order chi connectivity index (χ0) is 40.6. The highest BCUT2D eigenvalue weighted by Crippen LogP contribution is 2.68. The van der Waals surface area contributed by atoms with Crippen molar-refractivity contribution in [3.8, 4) is 0 Å². The van der Waals surface area contributed by atoms with Crippen molar-refractivity contribution in [3.63, 3.8) is 0 Å². The maximum absolute atomic E-state index is 12.5. The van der Waals surface area contributed by atoms with Crippen LogP contribution in [-0.2, 0) is 19.0 Å². The summed E-state index contributed by atoms with van der Waals surface area (Å²) >= 11 is 0. The lowest BCUT2D eigenvalue weighted by atomic mass is 9.46. The van der Waals surface area contributed by atoms with Crippen LogP contribution in [0.25, 0.3) is 0 Å². The molecule has 3 saturated carbocycles. The van der Waals surface area contributed by atoms with Gasteiger partial charge in [0.1, 0.15) is 42.9 Å². The Balaban J connectivity index is 1.11. The van der Waals surface area contributed by atoms with E-state index in [0.29, 0.717) is 30.6 Å². The van der Waals surface area contributed by atoms with E-state index in [1.807, 2.05) is 0 Å². The second-order valence-electron chi connectivity index (χ2n) is 20.0. The van der Waals surface area contributed by atoms with Crippen LogP contribution >= 0.6 is 0 Å². The number of ether oxygens (including phenoxy) is 3. The fourth-order valence-corrected chi connectivity index (χ4v) is 12.4. The lowest BCUT2D eigenvalue weighted by molar-refractivity contribution is -0.313. The highest BCUT2D eigenvalue weighted by Gasteiger charge is 2.63. The third-order valence-corrected chi connectivity index (χ3v) is 15.8. The topological polar surface area (TPSA) is 146 Å². The minimum atomic E-state index is -1.53. The number of unbranched alkanes of at least 4 members (excludes halogenated alkanes) is 10.